The van der Waals surface area contributed by atoms with Crippen LogP contribution in [-0.4, -0.2) is 29.5 Å². The van der Waals surface area contributed by atoms with Crippen molar-refractivity contribution in [2.45, 2.75) is 40.2 Å². The molecule has 4 aromatic heterocycles. The van der Waals surface area contributed by atoms with Gasteiger partial charge in [0.05, 0.1) is 21.6 Å². The summed E-state index contributed by atoms with van der Waals surface area (Å²) in [7, 11) is 0. The highest BCUT2D eigenvalue weighted by atomic mass is 32.1. The van der Waals surface area contributed by atoms with Crippen molar-refractivity contribution >= 4 is 34.0 Å². The highest BCUT2D eigenvalue weighted by Crippen LogP contribution is 2.26. The van der Waals surface area contributed by atoms with E-state index in [0.717, 1.165) is 39.0 Å². The quantitative estimate of drug-likeness (QED) is 0.548. The van der Waals surface area contributed by atoms with Gasteiger partial charge in [-0.1, -0.05) is 6.92 Å². The number of nitrogens with zero attached hydrogens (tertiary/aromatic N) is 6. The molecule has 0 unspecified atom stereocenters. The van der Waals surface area contributed by atoms with Gasteiger partial charge in [0.25, 0.3) is 0 Å². The summed E-state index contributed by atoms with van der Waals surface area (Å²) in [6, 6.07) is 4.18. The zero-order valence-electron chi connectivity index (χ0n) is 15.8. The van der Waals surface area contributed by atoms with Crippen LogP contribution in [0.4, 0.5) is 11.6 Å². The standard InChI is InChI=1S/C19H21N7S/c1-5-18-22-10-15(27-18)19-20-7-6-16(25-19)24-17-8-14-13(9-21-17)23-12(4)26(14)11(2)3/h6-11H,5H2,1-4H3,(H,20,21,24,25). The fraction of sp³-hybridized carbons (Fsp3) is 0.316. The SMILES string of the molecule is CCc1ncc(-c2nccc(Nc3cc4c(cn3)nc(C)n4C(C)C)n2)s1. The fourth-order valence-electron chi connectivity index (χ4n) is 3.09. The van der Waals surface area contributed by atoms with E-state index in [4.69, 9.17) is 0 Å². The van der Waals surface area contributed by atoms with Gasteiger partial charge in [-0.15, -0.1) is 11.3 Å². The first kappa shape index (κ1) is 17.5. The molecule has 0 atom stereocenters. The minimum absolute atomic E-state index is 0.329. The Balaban J connectivity index is 1.66. The first-order chi connectivity index (χ1) is 13.0. The van der Waals surface area contributed by atoms with Crippen LogP contribution in [0.3, 0.4) is 0 Å². The molecular formula is C19H21N7S. The fourth-order valence-corrected chi connectivity index (χ4v) is 3.89. The average Bonchev–Trinajstić information content (AvgIpc) is 3.25. The maximum absolute atomic E-state index is 4.61. The predicted octanol–water partition coefficient (Wildman–Crippen LogP) is 4.54. The molecule has 0 radical (unpaired) electrons. The van der Waals surface area contributed by atoms with Crippen LogP contribution >= 0.6 is 11.3 Å². The van der Waals surface area contributed by atoms with Crippen LogP contribution in [0.25, 0.3) is 21.7 Å². The zero-order valence-corrected chi connectivity index (χ0v) is 16.6. The molecule has 0 saturated heterocycles. The van der Waals surface area contributed by atoms with Gasteiger partial charge >= 0.3 is 0 Å². The van der Waals surface area contributed by atoms with Crippen molar-refractivity contribution in [1.82, 2.24) is 29.5 Å². The van der Waals surface area contributed by atoms with Gasteiger partial charge in [0, 0.05) is 24.5 Å². The normalized spacial score (nSPS) is 11.4. The van der Waals surface area contributed by atoms with Gasteiger partial charge in [0.15, 0.2) is 5.82 Å². The number of nitrogens with one attached hydrogen (secondary N) is 1. The molecule has 0 bridgehead atoms. The van der Waals surface area contributed by atoms with E-state index in [2.05, 4.69) is 55.6 Å². The highest BCUT2D eigenvalue weighted by molar-refractivity contribution is 7.15. The predicted molar refractivity (Wildman–Crippen MR) is 108 cm³/mol. The van der Waals surface area contributed by atoms with Crippen molar-refractivity contribution < 1.29 is 0 Å². The van der Waals surface area contributed by atoms with Crippen LogP contribution in [0.2, 0.25) is 0 Å². The second-order valence-corrected chi connectivity index (χ2v) is 7.66. The number of aryl methyl sites for hydroxylation is 2. The number of fused-ring (bicyclic) bond motifs is 1. The summed E-state index contributed by atoms with van der Waals surface area (Å²) in [6.07, 6.45) is 6.28. The average molecular weight is 379 g/mol. The molecule has 0 fully saturated rings. The Morgan fingerprint density at radius 3 is 2.70 bits per heavy atom. The maximum atomic E-state index is 4.61. The molecule has 0 saturated carbocycles. The third-order valence-electron chi connectivity index (χ3n) is 4.26. The molecule has 0 aliphatic heterocycles. The molecule has 0 aliphatic carbocycles. The maximum Gasteiger partial charge on any atom is 0.173 e. The molecule has 0 aromatic carbocycles. The monoisotopic (exact) mass is 379 g/mol. The minimum atomic E-state index is 0.329. The van der Waals surface area contributed by atoms with Gasteiger partial charge in [0.2, 0.25) is 0 Å². The molecule has 8 heteroatoms. The molecule has 1 N–H and O–H groups in total. The van der Waals surface area contributed by atoms with Crippen molar-refractivity contribution in [2.75, 3.05) is 5.32 Å². The molecule has 0 aliphatic rings. The Bertz CT molecular complexity index is 1100. The van der Waals surface area contributed by atoms with Crippen molar-refractivity contribution in [1.29, 1.82) is 0 Å². The Morgan fingerprint density at radius 1 is 1.11 bits per heavy atom. The molecule has 7 nitrogen and oxygen atoms in total. The zero-order chi connectivity index (χ0) is 19.0. The van der Waals surface area contributed by atoms with Gasteiger partial charge in [0.1, 0.15) is 23.0 Å². The van der Waals surface area contributed by atoms with Crippen LogP contribution in [-0.2, 0) is 6.42 Å². The van der Waals surface area contributed by atoms with E-state index < -0.39 is 0 Å². The minimum Gasteiger partial charge on any atom is -0.326 e. The molecule has 27 heavy (non-hydrogen) atoms. The van der Waals surface area contributed by atoms with Crippen molar-refractivity contribution in [3.63, 3.8) is 0 Å². The molecule has 4 rings (SSSR count). The lowest BCUT2D eigenvalue weighted by molar-refractivity contribution is 0.600. The lowest BCUT2D eigenvalue weighted by Gasteiger charge is -2.11. The number of hydrogen-bond acceptors (Lipinski definition) is 7. The number of rotatable bonds is 5. The van der Waals surface area contributed by atoms with Crippen molar-refractivity contribution in [3.05, 3.63) is 41.6 Å². The Morgan fingerprint density at radius 2 is 1.96 bits per heavy atom. The van der Waals surface area contributed by atoms with Crippen LogP contribution < -0.4 is 5.32 Å². The van der Waals surface area contributed by atoms with E-state index in [-0.39, 0.29) is 0 Å². The first-order valence-corrected chi connectivity index (χ1v) is 9.76. The van der Waals surface area contributed by atoms with Crippen molar-refractivity contribution in [3.8, 4) is 10.7 Å². The van der Waals surface area contributed by atoms with E-state index >= 15 is 0 Å². The second-order valence-electron chi connectivity index (χ2n) is 6.54. The number of hydrogen-bond donors (Lipinski definition) is 1. The van der Waals surface area contributed by atoms with Gasteiger partial charge in [-0.3, -0.25) is 0 Å². The number of aromatic nitrogens is 6. The van der Waals surface area contributed by atoms with E-state index in [1.807, 2.05) is 25.3 Å². The van der Waals surface area contributed by atoms with E-state index in [0.29, 0.717) is 17.7 Å². The van der Waals surface area contributed by atoms with Crippen LogP contribution in [0, 0.1) is 6.92 Å². The van der Waals surface area contributed by atoms with Crippen LogP contribution in [0.5, 0.6) is 0 Å². The topological polar surface area (TPSA) is 81.4 Å². The summed E-state index contributed by atoms with van der Waals surface area (Å²) in [5.41, 5.74) is 1.95. The van der Waals surface area contributed by atoms with Gasteiger partial charge in [-0.25, -0.2) is 24.9 Å². The Labute approximate surface area is 161 Å². The van der Waals surface area contributed by atoms with E-state index in [1.165, 1.54) is 0 Å². The summed E-state index contributed by atoms with van der Waals surface area (Å²) in [4.78, 5) is 23.4. The molecule has 138 valence electrons. The van der Waals surface area contributed by atoms with E-state index in [1.54, 1.807) is 23.7 Å². The molecule has 4 heterocycles. The third-order valence-corrected chi connectivity index (χ3v) is 5.39. The summed E-state index contributed by atoms with van der Waals surface area (Å²) in [5.74, 6) is 3.08. The van der Waals surface area contributed by atoms with Crippen LogP contribution in [0.1, 0.15) is 37.6 Å². The molecular weight excluding hydrogens is 358 g/mol. The lowest BCUT2D eigenvalue weighted by Crippen LogP contribution is -2.03. The number of imidazole rings is 1. The Hall–Kier alpha value is -2.87. The number of anilines is 2. The smallest absolute Gasteiger partial charge is 0.173 e. The second kappa shape index (κ2) is 7.03. The summed E-state index contributed by atoms with van der Waals surface area (Å²) < 4.78 is 2.21. The third kappa shape index (κ3) is 3.40. The molecule has 4 aromatic rings. The number of thiazole rings is 1. The highest BCUT2D eigenvalue weighted by Gasteiger charge is 2.12. The van der Waals surface area contributed by atoms with Crippen LogP contribution in [0.15, 0.2) is 30.7 Å². The van der Waals surface area contributed by atoms with Gasteiger partial charge in [-0.2, -0.15) is 0 Å². The lowest BCUT2D eigenvalue weighted by atomic mass is 10.3. The molecule has 0 spiro atoms. The summed E-state index contributed by atoms with van der Waals surface area (Å²) in [6.45, 7) is 8.41. The first-order valence-electron chi connectivity index (χ1n) is 8.95. The summed E-state index contributed by atoms with van der Waals surface area (Å²) in [5, 5.41) is 4.36. The van der Waals surface area contributed by atoms with E-state index in [9.17, 15) is 0 Å². The Kier molecular flexibility index (Phi) is 4.57. The molecule has 0 amide bonds. The largest absolute Gasteiger partial charge is 0.326 e. The number of pyridine rings is 1. The van der Waals surface area contributed by atoms with Gasteiger partial charge in [-0.05, 0) is 33.3 Å². The van der Waals surface area contributed by atoms with Gasteiger partial charge < -0.3 is 9.88 Å². The van der Waals surface area contributed by atoms with Crippen molar-refractivity contribution in [2.24, 2.45) is 0 Å². The summed E-state index contributed by atoms with van der Waals surface area (Å²) >= 11 is 1.62.